The lowest BCUT2D eigenvalue weighted by Crippen LogP contribution is -2.40. The zero-order chi connectivity index (χ0) is 20.9. The molecular weight excluding hydrogens is 421 g/mol. The lowest BCUT2D eigenvalue weighted by molar-refractivity contribution is -0.192. The van der Waals surface area contributed by atoms with Gasteiger partial charge in [-0.15, -0.1) is 11.3 Å². The van der Waals surface area contributed by atoms with Crippen LogP contribution in [0.1, 0.15) is 12.0 Å². The van der Waals surface area contributed by atoms with Gasteiger partial charge in [-0.05, 0) is 42.0 Å². The maximum Gasteiger partial charge on any atom is 0.490 e. The average molecular weight is 438 g/mol. The van der Waals surface area contributed by atoms with E-state index in [1.807, 2.05) is 12.1 Å². The van der Waals surface area contributed by atoms with Crippen LogP contribution in [0.25, 0.3) is 0 Å². The zero-order valence-electron chi connectivity index (χ0n) is 14.3. The second kappa shape index (κ2) is 8.99. The number of hydrogen-bond acceptors (Lipinski definition) is 6. The van der Waals surface area contributed by atoms with Gasteiger partial charge in [-0.25, -0.2) is 13.2 Å². The number of sulfonamides is 1. The second-order valence-corrected chi connectivity index (χ2v) is 8.90. The fraction of sp³-hybridized carbons (Fsp3) is 0.375. The molecule has 0 bridgehead atoms. The number of halogens is 3. The van der Waals surface area contributed by atoms with E-state index in [0.29, 0.717) is 23.6 Å². The van der Waals surface area contributed by atoms with Gasteiger partial charge in [0.05, 0.1) is 12.1 Å². The van der Waals surface area contributed by atoms with Crippen molar-refractivity contribution in [2.45, 2.75) is 35.4 Å². The number of aliphatic hydroxyl groups excluding tert-OH is 1. The molecule has 0 aliphatic carbocycles. The van der Waals surface area contributed by atoms with Gasteiger partial charge >= 0.3 is 12.1 Å². The lowest BCUT2D eigenvalue weighted by Gasteiger charge is -2.25. The summed E-state index contributed by atoms with van der Waals surface area (Å²) in [5.74, 6) is -2.76. The van der Waals surface area contributed by atoms with E-state index in [4.69, 9.17) is 9.90 Å². The third-order valence-corrected chi connectivity index (χ3v) is 7.25. The van der Waals surface area contributed by atoms with Crippen LogP contribution in [0, 0.1) is 0 Å². The first-order chi connectivity index (χ1) is 13.0. The largest absolute Gasteiger partial charge is 0.490 e. The minimum atomic E-state index is -5.08. The summed E-state index contributed by atoms with van der Waals surface area (Å²) in [7, 11) is -3.52. The summed E-state index contributed by atoms with van der Waals surface area (Å²) >= 11 is 1.21. The molecule has 1 saturated heterocycles. The Bertz CT molecular complexity index is 873. The molecular formula is C16H17F3N2O5S2. The number of hydrogen-bond donors (Lipinski definition) is 2. The molecule has 0 saturated carbocycles. The van der Waals surface area contributed by atoms with Crippen LogP contribution in [-0.4, -0.2) is 58.8 Å². The van der Waals surface area contributed by atoms with Crippen molar-refractivity contribution in [3.05, 3.63) is 47.6 Å². The van der Waals surface area contributed by atoms with Crippen LogP contribution in [0.4, 0.5) is 13.2 Å². The van der Waals surface area contributed by atoms with E-state index < -0.39 is 34.3 Å². The molecule has 0 aromatic carbocycles. The summed E-state index contributed by atoms with van der Waals surface area (Å²) < 4.78 is 58.8. The number of pyridine rings is 1. The molecule has 0 unspecified atom stereocenters. The van der Waals surface area contributed by atoms with Crippen molar-refractivity contribution in [1.29, 1.82) is 0 Å². The predicted octanol–water partition coefficient (Wildman–Crippen LogP) is 2.14. The lowest BCUT2D eigenvalue weighted by atomic mass is 10.0. The number of carboxylic acid groups (broad SMARTS) is 1. The van der Waals surface area contributed by atoms with Crippen molar-refractivity contribution < 1.29 is 36.6 Å². The third-order valence-electron chi connectivity index (χ3n) is 3.95. The highest BCUT2D eigenvalue weighted by atomic mass is 32.2. The molecule has 0 radical (unpaired) electrons. The maximum absolute atomic E-state index is 12.7. The highest BCUT2D eigenvalue weighted by molar-refractivity contribution is 7.91. The first kappa shape index (κ1) is 22.3. The van der Waals surface area contributed by atoms with Crippen LogP contribution in [-0.2, 0) is 21.2 Å². The fourth-order valence-electron chi connectivity index (χ4n) is 2.63. The van der Waals surface area contributed by atoms with Crippen LogP contribution in [0.3, 0.4) is 0 Å². The highest BCUT2D eigenvalue weighted by Crippen LogP contribution is 2.30. The van der Waals surface area contributed by atoms with E-state index >= 15 is 0 Å². The molecule has 2 atom stereocenters. The van der Waals surface area contributed by atoms with Gasteiger partial charge in [-0.2, -0.15) is 17.5 Å². The van der Waals surface area contributed by atoms with E-state index in [1.165, 1.54) is 15.6 Å². The highest BCUT2D eigenvalue weighted by Gasteiger charge is 2.41. The van der Waals surface area contributed by atoms with Crippen molar-refractivity contribution >= 4 is 27.3 Å². The average Bonchev–Trinajstić information content (AvgIpc) is 3.27. The number of rotatable bonds is 4. The monoisotopic (exact) mass is 438 g/mol. The molecule has 0 amide bonds. The molecule has 154 valence electrons. The Labute approximate surface area is 163 Å². The summed E-state index contributed by atoms with van der Waals surface area (Å²) in [4.78, 5) is 12.9. The van der Waals surface area contributed by atoms with Crippen molar-refractivity contribution in [2.24, 2.45) is 0 Å². The van der Waals surface area contributed by atoms with E-state index in [2.05, 4.69) is 4.98 Å². The van der Waals surface area contributed by atoms with Gasteiger partial charge in [-0.1, -0.05) is 6.07 Å². The van der Waals surface area contributed by atoms with Crippen LogP contribution in [0.15, 0.2) is 46.2 Å². The molecule has 3 rings (SSSR count). The molecule has 3 heterocycles. The molecule has 2 N–H and O–H groups in total. The van der Waals surface area contributed by atoms with Gasteiger partial charge in [0, 0.05) is 18.9 Å². The summed E-state index contributed by atoms with van der Waals surface area (Å²) in [6.07, 6.45) is -1.40. The number of aliphatic carboxylic acids is 1. The van der Waals surface area contributed by atoms with Crippen molar-refractivity contribution in [2.75, 3.05) is 6.54 Å². The van der Waals surface area contributed by atoms with Gasteiger partial charge in [-0.3, -0.25) is 4.98 Å². The second-order valence-electron chi connectivity index (χ2n) is 5.83. The van der Waals surface area contributed by atoms with Crippen molar-refractivity contribution in [3.8, 4) is 0 Å². The number of nitrogens with zero attached hydrogens (tertiary/aromatic N) is 2. The summed E-state index contributed by atoms with van der Waals surface area (Å²) in [6, 6.07) is 6.61. The number of carbonyl (C=O) groups is 1. The first-order valence-corrected chi connectivity index (χ1v) is 10.3. The smallest absolute Gasteiger partial charge is 0.475 e. The molecule has 1 fully saturated rings. The van der Waals surface area contributed by atoms with Crippen LogP contribution in [0.5, 0.6) is 0 Å². The van der Waals surface area contributed by atoms with E-state index in [-0.39, 0.29) is 0 Å². The van der Waals surface area contributed by atoms with Gasteiger partial charge in [0.2, 0.25) is 0 Å². The Kier molecular flexibility index (Phi) is 7.15. The number of carboxylic acids is 1. The summed E-state index contributed by atoms with van der Waals surface area (Å²) in [5, 5.41) is 19.0. The Morgan fingerprint density at radius 3 is 2.39 bits per heavy atom. The standard InChI is InChI=1S/C14H16N2O3S2.C2HF3O2/c17-13-5-8-16(21(18,19)14-2-1-9-20-14)12(13)10-11-3-6-15-7-4-11;3-2(4,5)1(6)7/h1-4,6-7,9,12-13,17H,5,8,10H2;(H,6,7)/t12-,13+;/m0./s1. The Morgan fingerprint density at radius 2 is 1.89 bits per heavy atom. The number of alkyl halides is 3. The minimum absolute atomic E-state index is 0.330. The van der Waals surface area contributed by atoms with Gasteiger partial charge in [0.25, 0.3) is 10.0 Å². The van der Waals surface area contributed by atoms with Crippen molar-refractivity contribution in [1.82, 2.24) is 9.29 Å². The minimum Gasteiger partial charge on any atom is -0.475 e. The number of aromatic nitrogens is 1. The van der Waals surface area contributed by atoms with E-state index in [0.717, 1.165) is 5.56 Å². The Hall–Kier alpha value is -2.02. The normalized spacial score (nSPS) is 20.4. The van der Waals surface area contributed by atoms with E-state index in [1.54, 1.807) is 29.9 Å². The molecule has 1 aliphatic rings. The number of thiophene rings is 1. The predicted molar refractivity (Wildman–Crippen MR) is 94.3 cm³/mol. The topological polar surface area (TPSA) is 108 Å². The van der Waals surface area contributed by atoms with Crippen LogP contribution < -0.4 is 0 Å². The molecule has 7 nitrogen and oxygen atoms in total. The van der Waals surface area contributed by atoms with Gasteiger partial charge in [0.1, 0.15) is 4.21 Å². The SMILES string of the molecule is O=C(O)C(F)(F)F.O=S(=O)(c1cccs1)N1CC[C@@H](O)[C@@H]1Cc1ccncc1. The molecule has 28 heavy (non-hydrogen) atoms. The number of aliphatic hydroxyl groups is 1. The molecule has 1 aliphatic heterocycles. The summed E-state index contributed by atoms with van der Waals surface area (Å²) in [5.41, 5.74) is 0.974. The van der Waals surface area contributed by atoms with E-state index in [9.17, 15) is 26.7 Å². The fourth-order valence-corrected chi connectivity index (χ4v) is 5.42. The van der Waals surface area contributed by atoms with Crippen LogP contribution in [0.2, 0.25) is 0 Å². The molecule has 2 aromatic rings. The molecule has 0 spiro atoms. The Morgan fingerprint density at radius 1 is 1.29 bits per heavy atom. The van der Waals surface area contributed by atoms with Gasteiger partial charge < -0.3 is 10.2 Å². The summed E-state index contributed by atoms with van der Waals surface area (Å²) in [6.45, 7) is 0.358. The molecule has 2 aromatic heterocycles. The maximum atomic E-state index is 12.7. The molecule has 12 heteroatoms. The Balaban J connectivity index is 0.000000345. The third kappa shape index (κ3) is 5.50. The van der Waals surface area contributed by atoms with Crippen LogP contribution >= 0.6 is 11.3 Å². The van der Waals surface area contributed by atoms with Crippen molar-refractivity contribution in [3.63, 3.8) is 0 Å². The first-order valence-electron chi connectivity index (χ1n) is 7.96. The zero-order valence-corrected chi connectivity index (χ0v) is 15.9. The van der Waals surface area contributed by atoms with Gasteiger partial charge in [0.15, 0.2) is 0 Å². The quantitative estimate of drug-likeness (QED) is 0.757.